The molecular weight excluding hydrogens is 354 g/mol. The van der Waals surface area contributed by atoms with Gasteiger partial charge in [-0.05, 0) is 36.2 Å². The van der Waals surface area contributed by atoms with Gasteiger partial charge in [-0.15, -0.1) is 11.8 Å². The number of halogens is 2. The predicted octanol–water partition coefficient (Wildman–Crippen LogP) is 5.67. The van der Waals surface area contributed by atoms with Gasteiger partial charge in [0.05, 0.1) is 5.02 Å². The summed E-state index contributed by atoms with van der Waals surface area (Å²) in [4.78, 5) is 1.07. The third-order valence-corrected chi connectivity index (χ3v) is 5.61. The molecule has 0 aliphatic heterocycles. The standard InChI is InChI=1S/C16H17BrClNS/c1-2-14(19)16(11-7-9-12(17)10-8-11)20-15-6-4-3-5-13(15)18/h3-10,14,16H,2,19H2,1H3. The summed E-state index contributed by atoms with van der Waals surface area (Å²) < 4.78 is 1.08. The molecule has 2 unspecified atom stereocenters. The summed E-state index contributed by atoms with van der Waals surface area (Å²) >= 11 is 11.5. The average molecular weight is 371 g/mol. The molecular formula is C16H17BrClNS. The summed E-state index contributed by atoms with van der Waals surface area (Å²) in [5.74, 6) is 0. The second-order valence-corrected chi connectivity index (χ2v) is 7.10. The van der Waals surface area contributed by atoms with E-state index in [0.29, 0.717) is 0 Å². The number of nitrogens with two attached hydrogens (primary N) is 1. The van der Waals surface area contributed by atoms with Crippen LogP contribution in [0.25, 0.3) is 0 Å². The lowest BCUT2D eigenvalue weighted by Gasteiger charge is -2.23. The molecule has 0 radical (unpaired) electrons. The second kappa shape index (κ2) is 7.51. The Labute approximate surface area is 138 Å². The van der Waals surface area contributed by atoms with Gasteiger partial charge in [0.25, 0.3) is 0 Å². The van der Waals surface area contributed by atoms with Crippen LogP contribution in [0.15, 0.2) is 57.9 Å². The molecule has 4 heteroatoms. The smallest absolute Gasteiger partial charge is 0.0542 e. The van der Waals surface area contributed by atoms with Crippen molar-refractivity contribution in [3.63, 3.8) is 0 Å². The summed E-state index contributed by atoms with van der Waals surface area (Å²) in [6, 6.07) is 16.3. The maximum absolute atomic E-state index is 6.31. The largest absolute Gasteiger partial charge is 0.326 e. The molecule has 0 fully saturated rings. The van der Waals surface area contributed by atoms with Crippen molar-refractivity contribution in [1.82, 2.24) is 0 Å². The molecule has 1 nitrogen and oxygen atoms in total. The Morgan fingerprint density at radius 1 is 1.15 bits per heavy atom. The Kier molecular flexibility index (Phi) is 5.97. The van der Waals surface area contributed by atoms with Gasteiger partial charge in [-0.25, -0.2) is 0 Å². The molecule has 2 aromatic carbocycles. The van der Waals surface area contributed by atoms with Gasteiger partial charge in [-0.3, -0.25) is 0 Å². The summed E-state index contributed by atoms with van der Waals surface area (Å²) in [6.45, 7) is 2.11. The Bertz CT molecular complexity index is 559. The van der Waals surface area contributed by atoms with Gasteiger partial charge >= 0.3 is 0 Å². The summed E-state index contributed by atoms with van der Waals surface area (Å²) in [7, 11) is 0. The summed E-state index contributed by atoms with van der Waals surface area (Å²) in [6.07, 6.45) is 0.929. The third kappa shape index (κ3) is 4.01. The molecule has 106 valence electrons. The first-order chi connectivity index (χ1) is 9.61. The average Bonchev–Trinajstić information content (AvgIpc) is 2.47. The van der Waals surface area contributed by atoms with Crippen LogP contribution in [-0.2, 0) is 0 Å². The molecule has 2 N–H and O–H groups in total. The molecule has 0 saturated heterocycles. The van der Waals surface area contributed by atoms with E-state index in [2.05, 4.69) is 47.1 Å². The lowest BCUT2D eigenvalue weighted by atomic mass is 10.0. The normalized spacial score (nSPS) is 14.0. The first-order valence-corrected chi connectivity index (χ1v) is 8.59. The molecule has 0 spiro atoms. The van der Waals surface area contributed by atoms with Crippen LogP contribution in [0.3, 0.4) is 0 Å². The monoisotopic (exact) mass is 369 g/mol. The van der Waals surface area contributed by atoms with Gasteiger partial charge in [0.2, 0.25) is 0 Å². The maximum atomic E-state index is 6.31. The predicted molar refractivity (Wildman–Crippen MR) is 92.5 cm³/mol. The van der Waals surface area contributed by atoms with Crippen LogP contribution >= 0.6 is 39.3 Å². The lowest BCUT2D eigenvalue weighted by molar-refractivity contribution is 0.634. The van der Waals surface area contributed by atoms with Gasteiger partial charge in [-0.1, -0.05) is 58.7 Å². The minimum Gasteiger partial charge on any atom is -0.326 e. The van der Waals surface area contributed by atoms with Crippen LogP contribution < -0.4 is 5.73 Å². The molecule has 2 atom stereocenters. The minimum absolute atomic E-state index is 0.0949. The molecule has 0 bridgehead atoms. The van der Waals surface area contributed by atoms with E-state index in [0.717, 1.165) is 20.8 Å². The molecule has 20 heavy (non-hydrogen) atoms. The van der Waals surface area contributed by atoms with E-state index in [1.54, 1.807) is 11.8 Å². The van der Waals surface area contributed by atoms with E-state index in [4.69, 9.17) is 17.3 Å². The maximum Gasteiger partial charge on any atom is 0.0542 e. The van der Waals surface area contributed by atoms with E-state index in [1.165, 1.54) is 5.56 Å². The van der Waals surface area contributed by atoms with E-state index < -0.39 is 0 Å². The summed E-state index contributed by atoms with van der Waals surface area (Å²) in [5.41, 5.74) is 7.54. The SMILES string of the molecule is CCC(N)C(Sc1ccccc1Cl)c1ccc(Br)cc1. The van der Waals surface area contributed by atoms with Gasteiger partial charge < -0.3 is 5.73 Å². The Hall–Kier alpha value is -0.480. The molecule has 0 heterocycles. The van der Waals surface area contributed by atoms with Crippen LogP contribution in [0, 0.1) is 0 Å². The van der Waals surface area contributed by atoms with Gasteiger partial charge in [-0.2, -0.15) is 0 Å². The molecule has 0 aliphatic carbocycles. The van der Waals surface area contributed by atoms with Crippen molar-refractivity contribution in [3.8, 4) is 0 Å². The Morgan fingerprint density at radius 3 is 2.40 bits per heavy atom. The number of hydrogen-bond acceptors (Lipinski definition) is 2. The minimum atomic E-state index is 0.0949. The topological polar surface area (TPSA) is 26.0 Å². The number of thioether (sulfide) groups is 1. The van der Waals surface area contributed by atoms with Gasteiger partial charge in [0, 0.05) is 20.7 Å². The van der Waals surface area contributed by atoms with Crippen molar-refractivity contribution < 1.29 is 0 Å². The Balaban J connectivity index is 2.29. The highest BCUT2D eigenvalue weighted by atomic mass is 79.9. The van der Waals surface area contributed by atoms with Crippen LogP contribution in [0.2, 0.25) is 5.02 Å². The van der Waals surface area contributed by atoms with Gasteiger partial charge in [0.1, 0.15) is 0 Å². The first-order valence-electron chi connectivity index (χ1n) is 6.54. The molecule has 0 aliphatic rings. The molecule has 0 amide bonds. The highest BCUT2D eigenvalue weighted by Gasteiger charge is 2.20. The summed E-state index contributed by atoms with van der Waals surface area (Å²) in [5, 5.41) is 0.982. The fourth-order valence-electron chi connectivity index (χ4n) is 1.95. The van der Waals surface area contributed by atoms with Crippen molar-refractivity contribution in [1.29, 1.82) is 0 Å². The molecule has 0 aromatic heterocycles. The first kappa shape index (κ1) is 15.9. The van der Waals surface area contributed by atoms with Crippen LogP contribution in [0.4, 0.5) is 0 Å². The van der Waals surface area contributed by atoms with Crippen molar-refractivity contribution in [3.05, 3.63) is 63.6 Å². The number of hydrogen-bond donors (Lipinski definition) is 1. The number of benzene rings is 2. The van der Waals surface area contributed by atoms with E-state index >= 15 is 0 Å². The zero-order valence-corrected chi connectivity index (χ0v) is 14.4. The van der Waals surface area contributed by atoms with Gasteiger partial charge in [0.15, 0.2) is 0 Å². The van der Waals surface area contributed by atoms with Crippen molar-refractivity contribution >= 4 is 39.3 Å². The van der Waals surface area contributed by atoms with Crippen LogP contribution in [0.5, 0.6) is 0 Å². The quantitative estimate of drug-likeness (QED) is 0.686. The Morgan fingerprint density at radius 2 is 1.80 bits per heavy atom. The zero-order valence-electron chi connectivity index (χ0n) is 11.2. The highest BCUT2D eigenvalue weighted by molar-refractivity contribution is 9.10. The van der Waals surface area contributed by atoms with E-state index in [1.807, 2.05) is 24.3 Å². The fourth-order valence-corrected chi connectivity index (χ4v) is 3.75. The number of rotatable bonds is 5. The third-order valence-electron chi connectivity index (χ3n) is 3.15. The zero-order chi connectivity index (χ0) is 14.5. The van der Waals surface area contributed by atoms with Crippen molar-refractivity contribution in [2.24, 2.45) is 5.73 Å². The van der Waals surface area contributed by atoms with E-state index in [-0.39, 0.29) is 11.3 Å². The van der Waals surface area contributed by atoms with Crippen molar-refractivity contribution in [2.45, 2.75) is 29.5 Å². The van der Waals surface area contributed by atoms with E-state index in [9.17, 15) is 0 Å². The lowest BCUT2D eigenvalue weighted by Crippen LogP contribution is -2.25. The molecule has 0 saturated carbocycles. The van der Waals surface area contributed by atoms with Crippen LogP contribution in [0.1, 0.15) is 24.2 Å². The second-order valence-electron chi connectivity index (χ2n) is 4.59. The fraction of sp³-hybridized carbons (Fsp3) is 0.250. The molecule has 2 aromatic rings. The van der Waals surface area contributed by atoms with Crippen molar-refractivity contribution in [2.75, 3.05) is 0 Å². The van der Waals surface area contributed by atoms with Crippen LogP contribution in [-0.4, -0.2) is 6.04 Å². The highest BCUT2D eigenvalue weighted by Crippen LogP contribution is 2.41. The molecule has 2 rings (SSSR count).